The average Bonchev–Trinajstić information content (AvgIpc) is 2.83. The molecule has 1 heterocycles. The molecule has 3 rings (SSSR count). The molecule has 0 radical (unpaired) electrons. The minimum Gasteiger partial charge on any atom is -0.507 e. The molecule has 1 unspecified atom stereocenters. The Balaban J connectivity index is 1.54. The molecule has 1 aliphatic heterocycles. The van der Waals surface area contributed by atoms with Gasteiger partial charge in [-0.25, -0.2) is 0 Å². The van der Waals surface area contributed by atoms with Crippen molar-refractivity contribution < 1.29 is 38.8 Å². The number of unbranched alkanes of at least 4 members (excludes halogenated alkanes) is 1. The van der Waals surface area contributed by atoms with Gasteiger partial charge in [-0.05, 0) is 70.2 Å². The second-order valence-corrected chi connectivity index (χ2v) is 9.71. The summed E-state index contributed by atoms with van der Waals surface area (Å²) in [4.78, 5) is 35.2. The Labute approximate surface area is 217 Å². The zero-order valence-electron chi connectivity index (χ0n) is 21.8. The smallest absolute Gasteiger partial charge is 0.303 e. The number of ketones is 2. The van der Waals surface area contributed by atoms with E-state index in [9.17, 15) is 19.5 Å². The molecule has 1 aliphatic rings. The van der Waals surface area contributed by atoms with Crippen LogP contribution in [0.1, 0.15) is 92.0 Å². The predicted octanol–water partition coefficient (Wildman–Crippen LogP) is 5.76. The molecule has 0 aromatic heterocycles. The molecule has 0 spiro atoms. The lowest BCUT2D eigenvalue weighted by Gasteiger charge is -2.35. The third-order valence-electron chi connectivity index (χ3n) is 6.42. The molecule has 0 bridgehead atoms. The van der Waals surface area contributed by atoms with Crippen LogP contribution in [0.3, 0.4) is 0 Å². The summed E-state index contributed by atoms with van der Waals surface area (Å²) in [5.74, 6) is 0.571. The van der Waals surface area contributed by atoms with E-state index in [1.165, 1.54) is 6.92 Å². The van der Waals surface area contributed by atoms with Crippen LogP contribution in [0.15, 0.2) is 30.3 Å². The molecular weight excluding hydrogens is 476 g/mol. The minimum atomic E-state index is -0.866. The van der Waals surface area contributed by atoms with Crippen molar-refractivity contribution in [2.75, 3.05) is 13.2 Å². The molecule has 0 amide bonds. The standard InChI is InChI=1S/C29H36O8/c1-4-8-23-25(13-12-21(19(2)30)28(23)34)36-15-6-5-14-29(3)18-24(31)22-11-10-20(17-26(22)37-29)35-16-7-9-27(32)33/h10-13,17,34H,4-9,14-16,18H2,1-3H3,(H,32,33). The van der Waals surface area contributed by atoms with Crippen LogP contribution in [-0.2, 0) is 11.2 Å². The Bertz CT molecular complexity index is 1140. The fourth-order valence-corrected chi connectivity index (χ4v) is 4.51. The third-order valence-corrected chi connectivity index (χ3v) is 6.42. The molecule has 0 saturated carbocycles. The van der Waals surface area contributed by atoms with E-state index in [1.54, 1.807) is 30.3 Å². The number of aliphatic carboxylic acids is 1. The summed E-state index contributed by atoms with van der Waals surface area (Å²) in [5, 5.41) is 19.3. The summed E-state index contributed by atoms with van der Waals surface area (Å²) < 4.78 is 17.8. The lowest BCUT2D eigenvalue weighted by molar-refractivity contribution is -0.137. The van der Waals surface area contributed by atoms with E-state index in [0.717, 1.165) is 19.3 Å². The normalized spacial score (nSPS) is 16.6. The number of hydrogen-bond acceptors (Lipinski definition) is 7. The Hall–Kier alpha value is -3.55. The molecular formula is C29H36O8. The second kappa shape index (κ2) is 12.6. The van der Waals surface area contributed by atoms with Crippen molar-refractivity contribution in [2.24, 2.45) is 0 Å². The van der Waals surface area contributed by atoms with E-state index < -0.39 is 11.6 Å². The summed E-state index contributed by atoms with van der Waals surface area (Å²) in [7, 11) is 0. The molecule has 0 aliphatic carbocycles. The van der Waals surface area contributed by atoms with E-state index in [0.29, 0.717) is 59.8 Å². The highest BCUT2D eigenvalue weighted by Gasteiger charge is 2.36. The Morgan fingerprint density at radius 3 is 2.54 bits per heavy atom. The van der Waals surface area contributed by atoms with Gasteiger partial charge in [-0.15, -0.1) is 0 Å². The zero-order chi connectivity index (χ0) is 27.0. The van der Waals surface area contributed by atoms with Gasteiger partial charge < -0.3 is 24.4 Å². The van der Waals surface area contributed by atoms with E-state index >= 15 is 0 Å². The third kappa shape index (κ3) is 7.47. The van der Waals surface area contributed by atoms with E-state index in [4.69, 9.17) is 19.3 Å². The van der Waals surface area contributed by atoms with Crippen LogP contribution in [0.25, 0.3) is 0 Å². The summed E-state index contributed by atoms with van der Waals surface area (Å²) in [6, 6.07) is 8.42. The van der Waals surface area contributed by atoms with Gasteiger partial charge in [0, 0.05) is 18.1 Å². The van der Waals surface area contributed by atoms with Gasteiger partial charge in [0.15, 0.2) is 11.6 Å². The van der Waals surface area contributed by atoms with Gasteiger partial charge >= 0.3 is 5.97 Å². The Kier molecular flexibility index (Phi) is 9.55. The highest BCUT2D eigenvalue weighted by Crippen LogP contribution is 2.38. The van der Waals surface area contributed by atoms with Gasteiger partial charge in [0.05, 0.1) is 30.8 Å². The maximum Gasteiger partial charge on any atom is 0.303 e. The number of benzene rings is 2. The van der Waals surface area contributed by atoms with Gasteiger partial charge in [-0.1, -0.05) is 13.3 Å². The first-order valence-corrected chi connectivity index (χ1v) is 12.8. The van der Waals surface area contributed by atoms with Crippen LogP contribution in [0.5, 0.6) is 23.0 Å². The van der Waals surface area contributed by atoms with Crippen LogP contribution in [-0.4, -0.2) is 46.6 Å². The van der Waals surface area contributed by atoms with Crippen molar-refractivity contribution in [3.05, 3.63) is 47.0 Å². The van der Waals surface area contributed by atoms with Crippen LogP contribution >= 0.6 is 0 Å². The van der Waals surface area contributed by atoms with Crippen LogP contribution in [0, 0.1) is 0 Å². The largest absolute Gasteiger partial charge is 0.507 e. The summed E-state index contributed by atoms with van der Waals surface area (Å²) in [6.45, 7) is 6.06. The van der Waals surface area contributed by atoms with Crippen LogP contribution in [0.4, 0.5) is 0 Å². The number of carbonyl (C=O) groups excluding carboxylic acids is 2. The molecule has 37 heavy (non-hydrogen) atoms. The second-order valence-electron chi connectivity index (χ2n) is 9.71. The number of aromatic hydroxyl groups is 1. The maximum absolute atomic E-state index is 12.8. The van der Waals surface area contributed by atoms with Gasteiger partial charge in [0.25, 0.3) is 0 Å². The summed E-state index contributed by atoms with van der Waals surface area (Å²) >= 11 is 0. The SMILES string of the molecule is CCCc1c(OCCCCC2(C)CC(=O)c3ccc(OCCCC(=O)O)cc3O2)ccc(C(C)=O)c1O. The lowest BCUT2D eigenvalue weighted by Crippen LogP contribution is -2.39. The minimum absolute atomic E-state index is 0.00243. The summed E-state index contributed by atoms with van der Waals surface area (Å²) in [5.41, 5.74) is 0.828. The van der Waals surface area contributed by atoms with E-state index in [-0.39, 0.29) is 36.8 Å². The number of phenols is 1. The van der Waals surface area contributed by atoms with E-state index in [2.05, 4.69) is 0 Å². The first-order chi connectivity index (χ1) is 17.6. The molecule has 0 fully saturated rings. The number of Topliss-reactive ketones (excluding diaryl/α,β-unsaturated/α-hetero) is 2. The first-order valence-electron chi connectivity index (χ1n) is 12.8. The van der Waals surface area contributed by atoms with Gasteiger partial charge in [0.2, 0.25) is 0 Å². The van der Waals surface area contributed by atoms with E-state index in [1.807, 2.05) is 13.8 Å². The predicted molar refractivity (Wildman–Crippen MR) is 138 cm³/mol. The molecule has 2 N–H and O–H groups in total. The van der Waals surface area contributed by atoms with Crippen molar-refractivity contribution in [3.8, 4) is 23.0 Å². The van der Waals surface area contributed by atoms with Crippen molar-refractivity contribution >= 4 is 17.5 Å². The highest BCUT2D eigenvalue weighted by atomic mass is 16.5. The number of hydrogen-bond donors (Lipinski definition) is 2. The van der Waals surface area contributed by atoms with Gasteiger partial charge in [-0.2, -0.15) is 0 Å². The van der Waals surface area contributed by atoms with Crippen molar-refractivity contribution in [1.29, 1.82) is 0 Å². The molecule has 0 saturated heterocycles. The fourth-order valence-electron chi connectivity index (χ4n) is 4.51. The number of fused-ring (bicyclic) bond motifs is 1. The number of carbonyl (C=O) groups is 3. The zero-order valence-corrected chi connectivity index (χ0v) is 21.8. The Morgan fingerprint density at radius 1 is 1.08 bits per heavy atom. The topological polar surface area (TPSA) is 119 Å². The number of carboxylic acids is 1. The average molecular weight is 513 g/mol. The molecule has 2 aromatic carbocycles. The summed E-state index contributed by atoms with van der Waals surface area (Å²) in [6.07, 6.45) is 4.28. The van der Waals surface area contributed by atoms with Gasteiger partial charge in [-0.3, -0.25) is 14.4 Å². The maximum atomic E-state index is 12.8. The molecule has 2 aromatic rings. The molecule has 8 heteroatoms. The highest BCUT2D eigenvalue weighted by molar-refractivity contribution is 6.00. The molecule has 8 nitrogen and oxygen atoms in total. The Morgan fingerprint density at radius 2 is 1.84 bits per heavy atom. The van der Waals surface area contributed by atoms with Crippen LogP contribution < -0.4 is 14.2 Å². The van der Waals surface area contributed by atoms with Crippen LogP contribution in [0.2, 0.25) is 0 Å². The quantitative estimate of drug-likeness (QED) is 0.242. The monoisotopic (exact) mass is 512 g/mol. The fraction of sp³-hybridized carbons (Fsp3) is 0.483. The number of rotatable bonds is 14. The number of ether oxygens (including phenoxy) is 3. The number of carboxylic acid groups (broad SMARTS) is 1. The molecule has 1 atom stereocenters. The van der Waals surface area contributed by atoms with Crippen molar-refractivity contribution in [3.63, 3.8) is 0 Å². The van der Waals surface area contributed by atoms with Crippen molar-refractivity contribution in [1.82, 2.24) is 0 Å². The lowest BCUT2D eigenvalue weighted by atomic mass is 9.87. The first kappa shape index (κ1) is 28.0. The molecule has 200 valence electrons. The number of phenolic OH excluding ortho intramolecular Hbond substituents is 1. The van der Waals surface area contributed by atoms with Gasteiger partial charge in [0.1, 0.15) is 28.6 Å². The van der Waals surface area contributed by atoms with Crippen molar-refractivity contribution in [2.45, 2.75) is 77.7 Å².